The van der Waals surface area contributed by atoms with Crippen LogP contribution in [0.15, 0.2) is 12.1 Å². The maximum absolute atomic E-state index is 9.67. The number of alkyl halides is 1. The van der Waals surface area contributed by atoms with E-state index in [9.17, 15) is 5.11 Å². The highest BCUT2D eigenvalue weighted by atomic mass is 35.5. The second-order valence-electron chi connectivity index (χ2n) is 3.23. The Labute approximate surface area is 94.6 Å². The highest BCUT2D eigenvalue weighted by Gasteiger charge is 2.14. The molecule has 0 aromatic heterocycles. The van der Waals surface area contributed by atoms with Gasteiger partial charge < -0.3 is 14.6 Å². The largest absolute Gasteiger partial charge is 0.493 e. The number of hydrogen-bond donors (Lipinski definition) is 1. The quantitative estimate of drug-likeness (QED) is 0.807. The third-order valence-corrected chi connectivity index (χ3v) is 2.57. The molecule has 0 fully saturated rings. The molecule has 0 bridgehead atoms. The Morgan fingerprint density at radius 3 is 2.27 bits per heavy atom. The molecule has 1 rings (SSSR count). The summed E-state index contributed by atoms with van der Waals surface area (Å²) in [5.41, 5.74) is 1.70. The number of aliphatic hydroxyl groups is 1. The van der Waals surface area contributed by atoms with Gasteiger partial charge >= 0.3 is 0 Å². The molecule has 1 unspecified atom stereocenters. The molecule has 1 aromatic carbocycles. The van der Waals surface area contributed by atoms with Crippen molar-refractivity contribution in [3.05, 3.63) is 23.3 Å². The number of halogens is 1. The summed E-state index contributed by atoms with van der Waals surface area (Å²) in [5.74, 6) is 1.42. The molecule has 0 aliphatic heterocycles. The zero-order valence-electron chi connectivity index (χ0n) is 9.08. The van der Waals surface area contributed by atoms with Gasteiger partial charge in [-0.15, -0.1) is 11.6 Å². The van der Waals surface area contributed by atoms with Gasteiger partial charge in [0.15, 0.2) is 11.5 Å². The van der Waals surface area contributed by atoms with Crippen LogP contribution in [-0.2, 0) is 0 Å². The third kappa shape index (κ3) is 2.55. The topological polar surface area (TPSA) is 38.7 Å². The smallest absolute Gasteiger partial charge is 0.161 e. The molecule has 0 aliphatic carbocycles. The molecule has 1 N–H and O–H groups in total. The van der Waals surface area contributed by atoms with Gasteiger partial charge in [0.2, 0.25) is 0 Å². The lowest BCUT2D eigenvalue weighted by Gasteiger charge is -2.15. The molecule has 1 atom stereocenters. The van der Waals surface area contributed by atoms with Gasteiger partial charge in [-0.05, 0) is 30.2 Å². The van der Waals surface area contributed by atoms with Gasteiger partial charge in [0.25, 0.3) is 0 Å². The molecule has 0 aliphatic rings. The van der Waals surface area contributed by atoms with E-state index in [-0.39, 0.29) is 5.88 Å². The lowest BCUT2D eigenvalue weighted by molar-refractivity contribution is 0.201. The van der Waals surface area contributed by atoms with Gasteiger partial charge in [0.1, 0.15) is 0 Å². The van der Waals surface area contributed by atoms with Crippen LogP contribution < -0.4 is 9.47 Å². The van der Waals surface area contributed by atoms with Gasteiger partial charge in [-0.25, -0.2) is 0 Å². The van der Waals surface area contributed by atoms with E-state index in [0.717, 1.165) is 11.1 Å². The molecule has 1 aromatic rings. The fraction of sp³-hybridized carbons (Fsp3) is 0.455. The molecule has 0 spiro atoms. The zero-order chi connectivity index (χ0) is 11.4. The third-order valence-electron chi connectivity index (χ3n) is 2.28. The van der Waals surface area contributed by atoms with Gasteiger partial charge in [0.05, 0.1) is 26.2 Å². The fourth-order valence-electron chi connectivity index (χ4n) is 1.44. The molecule has 0 saturated heterocycles. The second-order valence-corrected chi connectivity index (χ2v) is 3.54. The number of methoxy groups -OCH3 is 2. The number of benzene rings is 1. The molecule has 0 heterocycles. The van der Waals surface area contributed by atoms with Crippen molar-refractivity contribution in [2.75, 3.05) is 20.1 Å². The molecule has 0 amide bonds. The highest BCUT2D eigenvalue weighted by molar-refractivity contribution is 6.18. The highest BCUT2D eigenvalue weighted by Crippen LogP contribution is 2.33. The lowest BCUT2D eigenvalue weighted by Crippen LogP contribution is -2.03. The Bertz CT molecular complexity index is 339. The van der Waals surface area contributed by atoms with Gasteiger partial charge in [-0.3, -0.25) is 0 Å². The normalized spacial score (nSPS) is 12.3. The maximum Gasteiger partial charge on any atom is 0.161 e. The lowest BCUT2D eigenvalue weighted by atomic mass is 10.0. The van der Waals surface area contributed by atoms with E-state index in [1.54, 1.807) is 20.3 Å². The predicted octanol–water partition coefficient (Wildman–Crippen LogP) is 2.28. The summed E-state index contributed by atoms with van der Waals surface area (Å²) in [6.07, 6.45) is -0.675. The fourth-order valence-corrected chi connectivity index (χ4v) is 1.60. The van der Waals surface area contributed by atoms with E-state index >= 15 is 0 Å². The van der Waals surface area contributed by atoms with Gasteiger partial charge in [0, 0.05) is 0 Å². The number of hydrogen-bond acceptors (Lipinski definition) is 3. The molecule has 4 heteroatoms. The molecular formula is C11H15ClO3. The van der Waals surface area contributed by atoms with Crippen molar-refractivity contribution < 1.29 is 14.6 Å². The summed E-state index contributed by atoms with van der Waals surface area (Å²) in [6, 6.07) is 3.57. The van der Waals surface area contributed by atoms with Crippen molar-refractivity contribution in [1.29, 1.82) is 0 Å². The summed E-state index contributed by atoms with van der Waals surface area (Å²) < 4.78 is 10.3. The number of aryl methyl sites for hydroxylation is 1. The number of ether oxygens (including phenoxy) is 2. The molecule has 0 saturated carbocycles. The van der Waals surface area contributed by atoms with Gasteiger partial charge in [-0.2, -0.15) is 0 Å². The molecule has 15 heavy (non-hydrogen) atoms. The standard InChI is InChI=1S/C11H15ClO3/c1-7-4-10(14-2)11(15-3)5-8(7)9(13)6-12/h4-5,9,13H,6H2,1-3H3. The molecule has 84 valence electrons. The van der Waals surface area contributed by atoms with E-state index in [0.29, 0.717) is 11.5 Å². The monoisotopic (exact) mass is 230 g/mol. The second kappa shape index (κ2) is 5.24. The first-order valence-electron chi connectivity index (χ1n) is 4.60. The first-order chi connectivity index (χ1) is 7.13. The first-order valence-corrected chi connectivity index (χ1v) is 5.14. The van der Waals surface area contributed by atoms with Crippen LogP contribution in [0.5, 0.6) is 11.5 Å². The average Bonchev–Trinajstić information content (AvgIpc) is 2.27. The van der Waals surface area contributed by atoms with Crippen LogP contribution in [0, 0.1) is 6.92 Å². The minimum atomic E-state index is -0.675. The predicted molar refractivity (Wildman–Crippen MR) is 60.0 cm³/mol. The van der Waals surface area contributed by atoms with Crippen molar-refractivity contribution >= 4 is 11.6 Å². The Balaban J connectivity index is 3.19. The first kappa shape index (κ1) is 12.1. The summed E-state index contributed by atoms with van der Waals surface area (Å²) in [4.78, 5) is 0. The molecule has 3 nitrogen and oxygen atoms in total. The Kier molecular flexibility index (Phi) is 4.24. The number of rotatable bonds is 4. The van der Waals surface area contributed by atoms with Crippen molar-refractivity contribution in [2.45, 2.75) is 13.0 Å². The van der Waals surface area contributed by atoms with Crippen LogP contribution in [-0.4, -0.2) is 25.2 Å². The van der Waals surface area contributed by atoms with Crippen LogP contribution in [0.3, 0.4) is 0 Å². The van der Waals surface area contributed by atoms with E-state index in [2.05, 4.69) is 0 Å². The van der Waals surface area contributed by atoms with Crippen LogP contribution in [0.4, 0.5) is 0 Å². The maximum atomic E-state index is 9.67. The summed E-state index contributed by atoms with van der Waals surface area (Å²) in [7, 11) is 3.14. The van der Waals surface area contributed by atoms with Crippen molar-refractivity contribution in [1.82, 2.24) is 0 Å². The van der Waals surface area contributed by atoms with E-state index in [1.165, 1.54) is 0 Å². The Hall–Kier alpha value is -0.930. The Morgan fingerprint density at radius 1 is 1.27 bits per heavy atom. The van der Waals surface area contributed by atoms with Crippen LogP contribution >= 0.6 is 11.6 Å². The van der Waals surface area contributed by atoms with E-state index in [4.69, 9.17) is 21.1 Å². The SMILES string of the molecule is COc1cc(C)c(C(O)CCl)cc1OC. The van der Waals surface area contributed by atoms with Crippen molar-refractivity contribution in [2.24, 2.45) is 0 Å². The number of aliphatic hydroxyl groups excluding tert-OH is 1. The van der Waals surface area contributed by atoms with E-state index in [1.807, 2.05) is 13.0 Å². The zero-order valence-corrected chi connectivity index (χ0v) is 9.84. The van der Waals surface area contributed by atoms with Crippen molar-refractivity contribution in [3.8, 4) is 11.5 Å². The van der Waals surface area contributed by atoms with Crippen LogP contribution in [0.25, 0.3) is 0 Å². The molecule has 0 radical (unpaired) electrons. The van der Waals surface area contributed by atoms with Crippen molar-refractivity contribution in [3.63, 3.8) is 0 Å². The minimum absolute atomic E-state index is 0.163. The minimum Gasteiger partial charge on any atom is -0.493 e. The summed E-state index contributed by atoms with van der Waals surface area (Å²) in [5, 5.41) is 9.67. The van der Waals surface area contributed by atoms with Crippen LogP contribution in [0.1, 0.15) is 17.2 Å². The van der Waals surface area contributed by atoms with Crippen LogP contribution in [0.2, 0.25) is 0 Å². The Morgan fingerprint density at radius 2 is 1.80 bits per heavy atom. The van der Waals surface area contributed by atoms with Gasteiger partial charge in [-0.1, -0.05) is 0 Å². The van der Waals surface area contributed by atoms with E-state index < -0.39 is 6.10 Å². The molecular weight excluding hydrogens is 216 g/mol. The summed E-state index contributed by atoms with van der Waals surface area (Å²) >= 11 is 5.61. The summed E-state index contributed by atoms with van der Waals surface area (Å²) in [6.45, 7) is 1.90. The average molecular weight is 231 g/mol.